The summed E-state index contributed by atoms with van der Waals surface area (Å²) < 4.78 is 34.2. The Kier molecular flexibility index (Phi) is 37.3. The zero-order valence-electron chi connectivity index (χ0n) is 41.4. The lowest BCUT2D eigenvalue weighted by Crippen LogP contribution is -2.61. The van der Waals surface area contributed by atoms with E-state index in [1.54, 1.807) is 0 Å². The quantitative estimate of drug-likeness (QED) is 0.0174. The number of rotatable bonds is 43. The van der Waals surface area contributed by atoms with Crippen LogP contribution in [0.2, 0.25) is 0 Å². The third-order valence-corrected chi connectivity index (χ3v) is 13.0. The van der Waals surface area contributed by atoms with E-state index in [9.17, 15) is 40.5 Å². The first-order valence-corrected chi connectivity index (χ1v) is 26.8. The van der Waals surface area contributed by atoms with Crippen LogP contribution < -0.4 is 0 Å². The lowest BCUT2D eigenvalue weighted by Gasteiger charge is -2.42. The first kappa shape index (κ1) is 60.9. The molecule has 390 valence electrons. The van der Waals surface area contributed by atoms with Gasteiger partial charge in [-0.3, -0.25) is 4.79 Å². The van der Waals surface area contributed by atoms with Crippen molar-refractivity contribution in [3.63, 3.8) is 0 Å². The summed E-state index contributed by atoms with van der Waals surface area (Å²) in [5, 5.41) is 72.0. The van der Waals surface area contributed by atoms with Gasteiger partial charge in [0.05, 0.1) is 26.4 Å². The molecule has 11 atom stereocenters. The Morgan fingerprint density at radius 2 is 0.894 bits per heavy atom. The van der Waals surface area contributed by atoms with Crippen molar-refractivity contribution in [3.05, 3.63) is 12.2 Å². The van der Waals surface area contributed by atoms with Gasteiger partial charge in [0, 0.05) is 13.0 Å². The first-order chi connectivity index (χ1) is 32.1. The SMILES string of the molecule is CCCCCCCCCC/C=C\CCCCCCCCCCCCCC(=O)OC(COCCCCCCCCCCC)COC1OC(COC2OC(CO)C(O)C(O)C2O)C(O)C(O)C1O. The molecule has 11 unspecified atom stereocenters. The molecule has 2 saturated heterocycles. The number of hydrogen-bond donors (Lipinski definition) is 7. The molecule has 14 nitrogen and oxygen atoms in total. The predicted molar refractivity (Wildman–Crippen MR) is 257 cm³/mol. The van der Waals surface area contributed by atoms with E-state index in [1.165, 1.54) is 148 Å². The van der Waals surface area contributed by atoms with Gasteiger partial charge in [-0.05, 0) is 38.5 Å². The standard InChI is InChI=1S/C52H98O14/c1-3-5-7-9-11-13-14-15-16-17-18-19-20-21-22-23-24-25-26-27-29-31-33-35-44(54)64-41(38-61-36-34-32-30-28-12-10-8-6-4-2)39-62-51-50(60)48(58)46(56)43(66-51)40-63-52-49(59)47(57)45(55)42(37-53)65-52/h17-18,41-43,45-53,55-60H,3-16,19-40H2,1-2H3/b18-17-. The molecule has 0 spiro atoms. The highest BCUT2D eigenvalue weighted by molar-refractivity contribution is 5.69. The summed E-state index contributed by atoms with van der Waals surface area (Å²) in [7, 11) is 0. The van der Waals surface area contributed by atoms with Crippen LogP contribution in [0.15, 0.2) is 12.2 Å². The summed E-state index contributed by atoms with van der Waals surface area (Å²) in [4.78, 5) is 13.0. The highest BCUT2D eigenvalue weighted by Gasteiger charge is 2.47. The van der Waals surface area contributed by atoms with Crippen molar-refractivity contribution in [2.75, 3.05) is 33.0 Å². The smallest absolute Gasteiger partial charge is 0.306 e. The Balaban J connectivity index is 1.68. The highest BCUT2D eigenvalue weighted by atomic mass is 16.7. The number of carbonyl (C=O) groups excluding carboxylic acids is 1. The maximum atomic E-state index is 13.0. The van der Waals surface area contributed by atoms with E-state index in [0.29, 0.717) is 13.0 Å². The lowest BCUT2D eigenvalue weighted by atomic mass is 9.98. The van der Waals surface area contributed by atoms with Gasteiger partial charge >= 0.3 is 5.97 Å². The van der Waals surface area contributed by atoms with Gasteiger partial charge in [-0.2, -0.15) is 0 Å². The Hall–Kier alpha value is -1.27. The minimum Gasteiger partial charge on any atom is -0.457 e. The van der Waals surface area contributed by atoms with Gasteiger partial charge in [0.15, 0.2) is 12.6 Å². The van der Waals surface area contributed by atoms with E-state index in [-0.39, 0.29) is 25.6 Å². The second kappa shape index (κ2) is 40.5. The third-order valence-electron chi connectivity index (χ3n) is 13.0. The van der Waals surface area contributed by atoms with Crippen molar-refractivity contribution >= 4 is 5.97 Å². The number of allylic oxidation sites excluding steroid dienone is 2. The van der Waals surface area contributed by atoms with Crippen LogP contribution >= 0.6 is 0 Å². The van der Waals surface area contributed by atoms with Crippen LogP contribution in [-0.2, 0) is 33.2 Å². The lowest BCUT2D eigenvalue weighted by molar-refractivity contribution is -0.332. The van der Waals surface area contributed by atoms with E-state index in [4.69, 9.17) is 28.4 Å². The van der Waals surface area contributed by atoms with Crippen LogP contribution in [0, 0.1) is 0 Å². The summed E-state index contributed by atoms with van der Waals surface area (Å²) in [5.41, 5.74) is 0. The van der Waals surface area contributed by atoms with Crippen LogP contribution in [-0.4, -0.2) is 142 Å². The summed E-state index contributed by atoms with van der Waals surface area (Å²) in [6.07, 6.45) is 25.8. The Labute approximate surface area is 399 Å². The monoisotopic (exact) mass is 947 g/mol. The van der Waals surface area contributed by atoms with Crippen molar-refractivity contribution in [2.45, 2.75) is 280 Å². The zero-order valence-corrected chi connectivity index (χ0v) is 41.4. The molecule has 66 heavy (non-hydrogen) atoms. The molecule has 0 radical (unpaired) electrons. The molecule has 2 rings (SSSR count). The number of aliphatic hydroxyl groups is 7. The zero-order chi connectivity index (χ0) is 48.0. The number of ether oxygens (including phenoxy) is 6. The normalized spacial score (nSPS) is 26.3. The molecule has 2 aliphatic heterocycles. The van der Waals surface area contributed by atoms with Crippen LogP contribution in [0.25, 0.3) is 0 Å². The van der Waals surface area contributed by atoms with Gasteiger partial charge in [-0.1, -0.05) is 180 Å². The van der Waals surface area contributed by atoms with Gasteiger partial charge in [0.1, 0.15) is 54.9 Å². The third kappa shape index (κ3) is 27.8. The maximum absolute atomic E-state index is 13.0. The fourth-order valence-corrected chi connectivity index (χ4v) is 8.63. The fourth-order valence-electron chi connectivity index (χ4n) is 8.63. The fraction of sp³-hybridized carbons (Fsp3) is 0.942. The topological polar surface area (TPSA) is 214 Å². The molecule has 2 aliphatic rings. The molecule has 7 N–H and O–H groups in total. The van der Waals surface area contributed by atoms with Crippen molar-refractivity contribution in [2.24, 2.45) is 0 Å². The number of unbranched alkanes of at least 4 members (excludes halogenated alkanes) is 27. The largest absolute Gasteiger partial charge is 0.457 e. The van der Waals surface area contributed by atoms with Crippen LogP contribution in [0.4, 0.5) is 0 Å². The summed E-state index contributed by atoms with van der Waals surface area (Å²) in [6, 6.07) is 0. The van der Waals surface area contributed by atoms with Gasteiger partial charge in [0.25, 0.3) is 0 Å². The Morgan fingerprint density at radius 1 is 0.485 bits per heavy atom. The Bertz CT molecular complexity index is 1140. The van der Waals surface area contributed by atoms with E-state index in [1.807, 2.05) is 0 Å². The molecular weight excluding hydrogens is 849 g/mol. The van der Waals surface area contributed by atoms with Crippen LogP contribution in [0.3, 0.4) is 0 Å². The molecule has 0 aromatic carbocycles. The first-order valence-electron chi connectivity index (χ1n) is 26.8. The highest BCUT2D eigenvalue weighted by Crippen LogP contribution is 2.26. The molecule has 0 aromatic rings. The van der Waals surface area contributed by atoms with E-state index < -0.39 is 80.7 Å². The average Bonchev–Trinajstić information content (AvgIpc) is 3.31. The second-order valence-corrected chi connectivity index (χ2v) is 19.1. The summed E-state index contributed by atoms with van der Waals surface area (Å²) >= 11 is 0. The molecule has 14 heteroatoms. The molecule has 2 heterocycles. The molecule has 0 amide bonds. The summed E-state index contributed by atoms with van der Waals surface area (Å²) in [6.45, 7) is 3.70. The number of esters is 1. The van der Waals surface area contributed by atoms with Crippen molar-refractivity contribution in [3.8, 4) is 0 Å². The predicted octanol–water partition coefficient (Wildman–Crippen LogP) is 8.24. The molecule has 0 bridgehead atoms. The average molecular weight is 947 g/mol. The second-order valence-electron chi connectivity index (χ2n) is 19.1. The van der Waals surface area contributed by atoms with E-state index >= 15 is 0 Å². The van der Waals surface area contributed by atoms with E-state index in [0.717, 1.165) is 38.5 Å². The molecular formula is C52H98O14. The number of carbonyl (C=O) groups is 1. The van der Waals surface area contributed by atoms with Gasteiger partial charge in [-0.15, -0.1) is 0 Å². The van der Waals surface area contributed by atoms with Crippen LogP contribution in [0.1, 0.15) is 213 Å². The molecule has 0 aliphatic carbocycles. The summed E-state index contributed by atoms with van der Waals surface area (Å²) in [5.74, 6) is -0.374. The van der Waals surface area contributed by atoms with Gasteiger partial charge in [0.2, 0.25) is 0 Å². The van der Waals surface area contributed by atoms with E-state index in [2.05, 4.69) is 26.0 Å². The van der Waals surface area contributed by atoms with Crippen molar-refractivity contribution < 1.29 is 69.0 Å². The van der Waals surface area contributed by atoms with Crippen molar-refractivity contribution in [1.29, 1.82) is 0 Å². The van der Waals surface area contributed by atoms with Crippen molar-refractivity contribution in [1.82, 2.24) is 0 Å². The van der Waals surface area contributed by atoms with Gasteiger partial charge < -0.3 is 64.2 Å². The minimum atomic E-state index is -1.70. The number of aliphatic hydroxyl groups excluding tert-OH is 7. The Morgan fingerprint density at radius 3 is 1.38 bits per heavy atom. The number of hydrogen-bond acceptors (Lipinski definition) is 14. The maximum Gasteiger partial charge on any atom is 0.306 e. The molecule has 0 saturated carbocycles. The molecule has 0 aromatic heterocycles. The minimum absolute atomic E-state index is 0.0663. The molecule has 2 fully saturated rings. The van der Waals surface area contributed by atoms with Gasteiger partial charge in [-0.25, -0.2) is 0 Å². The van der Waals surface area contributed by atoms with Crippen LogP contribution in [0.5, 0.6) is 0 Å².